The molecule has 1 aliphatic heterocycles. The number of halogens is 1. The molecule has 1 aromatic heterocycles. The first-order valence-corrected chi connectivity index (χ1v) is 7.91. The fraction of sp³-hybridized carbons (Fsp3) is 0.600. The van der Waals surface area contributed by atoms with Crippen LogP contribution < -0.4 is 5.32 Å². The zero-order valence-corrected chi connectivity index (χ0v) is 14.5. The molecule has 2 heterocycles. The first-order valence-electron chi connectivity index (χ1n) is 7.12. The van der Waals surface area contributed by atoms with Gasteiger partial charge < -0.3 is 15.0 Å². The van der Waals surface area contributed by atoms with Gasteiger partial charge in [-0.2, -0.15) is 0 Å². The molecule has 1 aliphatic rings. The van der Waals surface area contributed by atoms with E-state index in [1.807, 2.05) is 39.8 Å². The number of pyridine rings is 1. The van der Waals surface area contributed by atoms with Crippen LogP contribution in [0.2, 0.25) is 0 Å². The van der Waals surface area contributed by atoms with E-state index in [1.165, 1.54) is 0 Å². The molecule has 1 unspecified atom stereocenters. The molecular weight excluding hydrogens is 334 g/mol. The van der Waals surface area contributed by atoms with Crippen molar-refractivity contribution in [2.24, 2.45) is 0 Å². The van der Waals surface area contributed by atoms with Crippen LogP contribution in [-0.2, 0) is 4.74 Å². The Balaban J connectivity index is 1.90. The summed E-state index contributed by atoms with van der Waals surface area (Å²) < 4.78 is 6.39. The molecule has 1 saturated heterocycles. The van der Waals surface area contributed by atoms with E-state index in [4.69, 9.17) is 4.74 Å². The van der Waals surface area contributed by atoms with Gasteiger partial charge >= 0.3 is 6.09 Å². The number of amides is 1. The van der Waals surface area contributed by atoms with Crippen LogP contribution in [-0.4, -0.2) is 40.7 Å². The number of aromatic nitrogens is 1. The van der Waals surface area contributed by atoms with Crippen molar-refractivity contribution in [1.82, 2.24) is 9.88 Å². The van der Waals surface area contributed by atoms with Gasteiger partial charge in [-0.25, -0.2) is 9.78 Å². The number of nitrogens with zero attached hydrogens (tertiary/aromatic N) is 2. The van der Waals surface area contributed by atoms with Gasteiger partial charge in [0.1, 0.15) is 11.4 Å². The highest BCUT2D eigenvalue weighted by Gasteiger charge is 2.29. The third kappa shape index (κ3) is 4.59. The lowest BCUT2D eigenvalue weighted by molar-refractivity contribution is 0.0293. The van der Waals surface area contributed by atoms with Crippen molar-refractivity contribution in [1.29, 1.82) is 0 Å². The Morgan fingerprint density at radius 3 is 2.81 bits per heavy atom. The maximum atomic E-state index is 12.0. The maximum Gasteiger partial charge on any atom is 0.410 e. The third-order valence-corrected chi connectivity index (χ3v) is 4.05. The molecule has 1 aromatic rings. The number of ether oxygens (including phenoxy) is 1. The summed E-state index contributed by atoms with van der Waals surface area (Å²) in [7, 11) is 0. The van der Waals surface area contributed by atoms with Crippen molar-refractivity contribution < 1.29 is 9.53 Å². The second-order valence-electron chi connectivity index (χ2n) is 6.32. The number of hydrogen-bond donors (Lipinski definition) is 1. The molecule has 1 N–H and O–H groups in total. The van der Waals surface area contributed by atoms with Crippen LogP contribution in [0, 0.1) is 6.92 Å². The number of aryl methyl sites for hydroxylation is 1. The molecule has 1 atom stereocenters. The fourth-order valence-electron chi connectivity index (χ4n) is 2.20. The summed E-state index contributed by atoms with van der Waals surface area (Å²) in [5.74, 6) is 0.840. The normalized spacial score (nSPS) is 18.7. The first kappa shape index (κ1) is 16.1. The molecule has 0 spiro atoms. The van der Waals surface area contributed by atoms with Gasteiger partial charge in [0.25, 0.3) is 0 Å². The molecular formula is C15H22BrN3O2. The third-order valence-electron chi connectivity index (χ3n) is 3.21. The van der Waals surface area contributed by atoms with Crippen molar-refractivity contribution >= 4 is 27.8 Å². The summed E-state index contributed by atoms with van der Waals surface area (Å²) in [4.78, 5) is 18.2. The highest BCUT2D eigenvalue weighted by molar-refractivity contribution is 9.10. The summed E-state index contributed by atoms with van der Waals surface area (Å²) in [5.41, 5.74) is 0.495. The Morgan fingerprint density at radius 1 is 1.48 bits per heavy atom. The molecule has 2 rings (SSSR count). The quantitative estimate of drug-likeness (QED) is 0.880. The fourth-order valence-corrected chi connectivity index (χ4v) is 2.42. The summed E-state index contributed by atoms with van der Waals surface area (Å²) in [5, 5.41) is 3.38. The molecule has 0 saturated carbocycles. The highest BCUT2D eigenvalue weighted by Crippen LogP contribution is 2.20. The van der Waals surface area contributed by atoms with Gasteiger partial charge in [0.2, 0.25) is 0 Å². The van der Waals surface area contributed by atoms with E-state index in [2.05, 4.69) is 26.2 Å². The molecule has 0 bridgehead atoms. The van der Waals surface area contributed by atoms with Crippen molar-refractivity contribution in [3.05, 3.63) is 22.3 Å². The molecule has 0 aromatic carbocycles. The second kappa shape index (κ2) is 6.22. The van der Waals surface area contributed by atoms with Crippen LogP contribution in [0.25, 0.3) is 0 Å². The molecule has 1 amide bonds. The van der Waals surface area contributed by atoms with E-state index in [0.717, 1.165) is 22.4 Å². The van der Waals surface area contributed by atoms with E-state index in [9.17, 15) is 4.79 Å². The number of hydrogen-bond acceptors (Lipinski definition) is 4. The van der Waals surface area contributed by atoms with Crippen molar-refractivity contribution in [2.45, 2.75) is 45.8 Å². The Morgan fingerprint density at radius 2 is 2.19 bits per heavy atom. The predicted molar refractivity (Wildman–Crippen MR) is 86.5 cm³/mol. The van der Waals surface area contributed by atoms with E-state index in [-0.39, 0.29) is 12.1 Å². The lowest BCUT2D eigenvalue weighted by atomic mass is 10.2. The van der Waals surface area contributed by atoms with Gasteiger partial charge in [-0.1, -0.05) is 0 Å². The van der Waals surface area contributed by atoms with Gasteiger partial charge in [-0.15, -0.1) is 0 Å². The predicted octanol–water partition coefficient (Wildman–Crippen LogP) is 3.57. The van der Waals surface area contributed by atoms with E-state index in [1.54, 1.807) is 4.90 Å². The van der Waals surface area contributed by atoms with Gasteiger partial charge in [0.05, 0.1) is 5.69 Å². The summed E-state index contributed by atoms with van der Waals surface area (Å²) in [6.07, 6.45) is 0.655. The average Bonchev–Trinajstić information content (AvgIpc) is 2.80. The lowest BCUT2D eigenvalue weighted by Gasteiger charge is -2.24. The Kier molecular flexibility index (Phi) is 4.76. The van der Waals surface area contributed by atoms with Crippen molar-refractivity contribution in [3.63, 3.8) is 0 Å². The molecule has 5 nitrogen and oxygen atoms in total. The van der Waals surface area contributed by atoms with Crippen LogP contribution in [0.15, 0.2) is 16.6 Å². The summed E-state index contributed by atoms with van der Waals surface area (Å²) >= 11 is 3.44. The minimum absolute atomic E-state index is 0.214. The van der Waals surface area contributed by atoms with Crippen LogP contribution in [0.4, 0.5) is 10.6 Å². The minimum Gasteiger partial charge on any atom is -0.444 e. The topological polar surface area (TPSA) is 54.5 Å². The smallest absolute Gasteiger partial charge is 0.410 e. The molecule has 116 valence electrons. The first-order chi connectivity index (χ1) is 9.74. The maximum absolute atomic E-state index is 12.0. The number of rotatable bonds is 2. The lowest BCUT2D eigenvalue weighted by Crippen LogP contribution is -2.36. The summed E-state index contributed by atoms with van der Waals surface area (Å²) in [6, 6.07) is 4.13. The second-order valence-corrected chi connectivity index (χ2v) is 7.17. The standard InChI is InChI=1S/C15H22BrN3O2/c1-10-12(16)5-6-13(17-10)18-11-7-8-19(9-11)14(20)21-15(2,3)4/h5-6,11H,7-9H2,1-4H3,(H,17,18). The average molecular weight is 356 g/mol. The van der Waals surface area contributed by atoms with E-state index >= 15 is 0 Å². The largest absolute Gasteiger partial charge is 0.444 e. The Hall–Kier alpha value is -1.30. The number of carbonyl (C=O) groups is 1. The zero-order valence-electron chi connectivity index (χ0n) is 12.9. The van der Waals surface area contributed by atoms with Crippen LogP contribution in [0.3, 0.4) is 0 Å². The molecule has 0 aliphatic carbocycles. The van der Waals surface area contributed by atoms with Gasteiger partial charge in [0.15, 0.2) is 0 Å². The molecule has 6 heteroatoms. The van der Waals surface area contributed by atoms with Crippen LogP contribution in [0.1, 0.15) is 32.9 Å². The van der Waals surface area contributed by atoms with Crippen LogP contribution in [0.5, 0.6) is 0 Å². The molecule has 21 heavy (non-hydrogen) atoms. The van der Waals surface area contributed by atoms with E-state index in [0.29, 0.717) is 13.1 Å². The van der Waals surface area contributed by atoms with Crippen molar-refractivity contribution in [2.75, 3.05) is 18.4 Å². The SMILES string of the molecule is Cc1nc(NC2CCN(C(=O)OC(C)(C)C)C2)ccc1Br. The Labute approximate surface area is 134 Å². The monoisotopic (exact) mass is 355 g/mol. The molecule has 1 fully saturated rings. The summed E-state index contributed by atoms with van der Waals surface area (Å²) in [6.45, 7) is 8.95. The number of anilines is 1. The van der Waals surface area contributed by atoms with Crippen LogP contribution >= 0.6 is 15.9 Å². The number of likely N-dealkylation sites (tertiary alicyclic amines) is 1. The molecule has 0 radical (unpaired) electrons. The zero-order chi connectivity index (χ0) is 15.6. The highest BCUT2D eigenvalue weighted by atomic mass is 79.9. The minimum atomic E-state index is -0.451. The van der Waals surface area contributed by atoms with Crippen molar-refractivity contribution in [3.8, 4) is 0 Å². The van der Waals surface area contributed by atoms with Gasteiger partial charge in [-0.3, -0.25) is 0 Å². The van der Waals surface area contributed by atoms with Gasteiger partial charge in [-0.05, 0) is 62.2 Å². The van der Waals surface area contributed by atoms with Gasteiger partial charge in [0, 0.05) is 23.6 Å². The number of carbonyl (C=O) groups excluding carboxylic acids is 1. The Bertz CT molecular complexity index is 528. The van der Waals surface area contributed by atoms with E-state index < -0.39 is 5.60 Å². The number of nitrogens with one attached hydrogen (secondary N) is 1.